The number of rotatable bonds is 4. The molecule has 7 heteroatoms. The highest BCUT2D eigenvalue weighted by atomic mass is 35.5. The van der Waals surface area contributed by atoms with E-state index in [-0.39, 0.29) is 17.6 Å². The second kappa shape index (κ2) is 7.02. The van der Waals surface area contributed by atoms with Gasteiger partial charge < -0.3 is 19.8 Å². The lowest BCUT2D eigenvalue weighted by molar-refractivity contribution is 0.0993. The Morgan fingerprint density at radius 1 is 1.43 bits per heavy atom. The zero-order valence-electron chi connectivity index (χ0n) is 12.8. The third kappa shape index (κ3) is 3.65. The molecule has 1 amide bonds. The second-order valence-corrected chi connectivity index (χ2v) is 5.79. The zero-order chi connectivity index (χ0) is 16.2. The molecule has 1 fully saturated rings. The van der Waals surface area contributed by atoms with Gasteiger partial charge in [0.05, 0.1) is 24.0 Å². The van der Waals surface area contributed by atoms with Crippen LogP contribution in [0.25, 0.3) is 0 Å². The largest absolute Gasteiger partial charge is 0.497 e. The minimum absolute atomic E-state index is 0.186. The molecule has 0 atom stereocenters. The second-order valence-electron chi connectivity index (χ2n) is 5.39. The number of hydrogen-bond donors (Lipinski definition) is 2. The van der Waals surface area contributed by atoms with Crippen molar-refractivity contribution in [1.82, 2.24) is 10.3 Å². The Kier molecular flexibility index (Phi) is 4.83. The van der Waals surface area contributed by atoms with Gasteiger partial charge in [0.1, 0.15) is 5.75 Å². The van der Waals surface area contributed by atoms with Gasteiger partial charge in [0.25, 0.3) is 5.91 Å². The Balaban J connectivity index is 1.70. The number of anilines is 1. The molecule has 0 spiro atoms. The average Bonchev–Trinajstić information content (AvgIpc) is 3.07. The van der Waals surface area contributed by atoms with Crippen LogP contribution >= 0.6 is 11.6 Å². The first-order valence-corrected chi connectivity index (χ1v) is 7.86. The zero-order valence-corrected chi connectivity index (χ0v) is 13.5. The van der Waals surface area contributed by atoms with Crippen molar-refractivity contribution < 1.29 is 13.9 Å². The summed E-state index contributed by atoms with van der Waals surface area (Å²) in [6, 6.07) is 5.05. The number of oxazole rings is 1. The van der Waals surface area contributed by atoms with Crippen LogP contribution in [0.3, 0.4) is 0 Å². The SMILES string of the molecule is COc1ccc(NC(=O)c2cnc(C3CCNCC3)o2)c(Cl)c1. The van der Waals surface area contributed by atoms with Crippen LogP contribution in [-0.4, -0.2) is 31.1 Å². The summed E-state index contributed by atoms with van der Waals surface area (Å²) in [5.74, 6) is 1.33. The van der Waals surface area contributed by atoms with E-state index in [1.165, 1.54) is 6.20 Å². The van der Waals surface area contributed by atoms with Crippen LogP contribution in [0.15, 0.2) is 28.8 Å². The van der Waals surface area contributed by atoms with Crippen molar-refractivity contribution in [3.05, 3.63) is 41.1 Å². The molecule has 0 unspecified atom stereocenters. The molecule has 1 aliphatic rings. The molecule has 2 aromatic rings. The maximum atomic E-state index is 12.3. The Bertz CT molecular complexity index is 696. The van der Waals surface area contributed by atoms with Gasteiger partial charge in [0.2, 0.25) is 5.76 Å². The lowest BCUT2D eigenvalue weighted by Gasteiger charge is -2.19. The Hall–Kier alpha value is -2.05. The van der Waals surface area contributed by atoms with Gasteiger partial charge in [-0.1, -0.05) is 11.6 Å². The number of halogens is 1. The van der Waals surface area contributed by atoms with Crippen molar-refractivity contribution >= 4 is 23.2 Å². The van der Waals surface area contributed by atoms with Gasteiger partial charge in [-0.2, -0.15) is 0 Å². The molecular formula is C16H18ClN3O3. The summed E-state index contributed by atoms with van der Waals surface area (Å²) in [6.07, 6.45) is 3.39. The standard InChI is InChI=1S/C16H18ClN3O3/c1-22-11-2-3-13(12(17)8-11)20-15(21)14-9-19-16(23-14)10-4-6-18-7-5-10/h2-3,8-10,18H,4-7H2,1H3,(H,20,21). The third-order valence-electron chi connectivity index (χ3n) is 3.86. The van der Waals surface area contributed by atoms with E-state index in [1.807, 2.05) is 0 Å². The van der Waals surface area contributed by atoms with Gasteiger partial charge in [-0.05, 0) is 38.1 Å². The molecule has 1 saturated heterocycles. The molecule has 2 N–H and O–H groups in total. The highest BCUT2D eigenvalue weighted by Gasteiger charge is 2.22. The van der Waals surface area contributed by atoms with Crippen molar-refractivity contribution in [2.75, 3.05) is 25.5 Å². The number of nitrogens with zero attached hydrogens (tertiary/aromatic N) is 1. The average molecular weight is 336 g/mol. The number of nitrogens with one attached hydrogen (secondary N) is 2. The normalized spacial score (nSPS) is 15.4. The fourth-order valence-corrected chi connectivity index (χ4v) is 2.78. The van der Waals surface area contributed by atoms with E-state index >= 15 is 0 Å². The van der Waals surface area contributed by atoms with Crippen LogP contribution in [0.5, 0.6) is 5.75 Å². The van der Waals surface area contributed by atoms with E-state index in [0.29, 0.717) is 22.4 Å². The van der Waals surface area contributed by atoms with E-state index in [1.54, 1.807) is 25.3 Å². The fraction of sp³-hybridized carbons (Fsp3) is 0.375. The molecule has 3 rings (SSSR count). The Morgan fingerprint density at radius 3 is 2.91 bits per heavy atom. The Morgan fingerprint density at radius 2 is 2.22 bits per heavy atom. The number of methoxy groups -OCH3 is 1. The van der Waals surface area contributed by atoms with Crippen LogP contribution in [0.1, 0.15) is 35.2 Å². The van der Waals surface area contributed by atoms with Crippen LogP contribution in [0.2, 0.25) is 5.02 Å². The third-order valence-corrected chi connectivity index (χ3v) is 4.17. The molecular weight excluding hydrogens is 318 g/mol. The highest BCUT2D eigenvalue weighted by Crippen LogP contribution is 2.28. The van der Waals surface area contributed by atoms with Gasteiger partial charge in [0.15, 0.2) is 5.89 Å². The molecule has 122 valence electrons. The lowest BCUT2D eigenvalue weighted by atomic mass is 9.98. The van der Waals surface area contributed by atoms with Crippen LogP contribution in [0.4, 0.5) is 5.69 Å². The summed E-state index contributed by atoms with van der Waals surface area (Å²) >= 11 is 6.12. The lowest BCUT2D eigenvalue weighted by Crippen LogP contribution is -2.26. The maximum absolute atomic E-state index is 12.3. The van der Waals surface area contributed by atoms with Crippen LogP contribution in [-0.2, 0) is 0 Å². The number of hydrogen-bond acceptors (Lipinski definition) is 5. The van der Waals surface area contributed by atoms with E-state index in [4.69, 9.17) is 20.8 Å². The van der Waals surface area contributed by atoms with Crippen molar-refractivity contribution in [3.63, 3.8) is 0 Å². The molecule has 1 aliphatic heterocycles. The van der Waals surface area contributed by atoms with Crippen molar-refractivity contribution in [2.24, 2.45) is 0 Å². The minimum atomic E-state index is -0.371. The molecule has 1 aromatic carbocycles. The molecule has 2 heterocycles. The predicted octanol–water partition coefficient (Wildman–Crippen LogP) is 3.06. The van der Waals surface area contributed by atoms with Gasteiger partial charge in [-0.15, -0.1) is 0 Å². The first kappa shape index (κ1) is 15.8. The molecule has 0 saturated carbocycles. The monoisotopic (exact) mass is 335 g/mol. The van der Waals surface area contributed by atoms with E-state index in [0.717, 1.165) is 25.9 Å². The first-order chi connectivity index (χ1) is 11.2. The van der Waals surface area contributed by atoms with Gasteiger partial charge in [-0.25, -0.2) is 4.98 Å². The number of piperidine rings is 1. The molecule has 1 aromatic heterocycles. The van der Waals surface area contributed by atoms with Gasteiger partial charge in [0, 0.05) is 12.0 Å². The van der Waals surface area contributed by atoms with Gasteiger partial charge >= 0.3 is 0 Å². The number of amides is 1. The summed E-state index contributed by atoms with van der Waals surface area (Å²) in [5, 5.41) is 6.41. The highest BCUT2D eigenvalue weighted by molar-refractivity contribution is 6.34. The molecule has 0 radical (unpaired) electrons. The van der Waals surface area contributed by atoms with E-state index in [2.05, 4.69) is 15.6 Å². The van der Waals surface area contributed by atoms with E-state index < -0.39 is 0 Å². The molecule has 0 bridgehead atoms. The number of carbonyl (C=O) groups is 1. The molecule has 0 aliphatic carbocycles. The van der Waals surface area contributed by atoms with Gasteiger partial charge in [-0.3, -0.25) is 4.79 Å². The summed E-state index contributed by atoms with van der Waals surface area (Å²) < 4.78 is 10.7. The number of aromatic nitrogens is 1. The summed E-state index contributed by atoms with van der Waals surface area (Å²) in [4.78, 5) is 16.5. The van der Waals surface area contributed by atoms with Crippen molar-refractivity contribution in [3.8, 4) is 5.75 Å². The number of carbonyl (C=O) groups excluding carboxylic acids is 1. The topological polar surface area (TPSA) is 76.4 Å². The molecule has 6 nitrogen and oxygen atoms in total. The quantitative estimate of drug-likeness (QED) is 0.898. The summed E-state index contributed by atoms with van der Waals surface area (Å²) in [7, 11) is 1.56. The maximum Gasteiger partial charge on any atom is 0.293 e. The minimum Gasteiger partial charge on any atom is -0.497 e. The number of benzene rings is 1. The summed E-state index contributed by atoms with van der Waals surface area (Å²) in [6.45, 7) is 1.88. The van der Waals surface area contributed by atoms with E-state index in [9.17, 15) is 4.79 Å². The Labute approximate surface area is 139 Å². The van der Waals surface area contributed by atoms with Crippen molar-refractivity contribution in [1.29, 1.82) is 0 Å². The smallest absolute Gasteiger partial charge is 0.293 e. The summed E-state index contributed by atoms with van der Waals surface area (Å²) in [5.41, 5.74) is 0.497. The van der Waals surface area contributed by atoms with Crippen molar-refractivity contribution in [2.45, 2.75) is 18.8 Å². The molecule has 23 heavy (non-hydrogen) atoms. The number of ether oxygens (including phenoxy) is 1. The first-order valence-electron chi connectivity index (χ1n) is 7.48. The van der Waals surface area contributed by atoms with Crippen LogP contribution < -0.4 is 15.4 Å². The van der Waals surface area contributed by atoms with Crippen LogP contribution in [0, 0.1) is 0 Å². The fourth-order valence-electron chi connectivity index (χ4n) is 2.56. The predicted molar refractivity (Wildman–Crippen MR) is 87.3 cm³/mol.